The molecule has 0 saturated heterocycles. The highest BCUT2D eigenvalue weighted by Crippen LogP contribution is 2.51. The Morgan fingerprint density at radius 2 is 2.11 bits per heavy atom. The average molecular weight is 307 g/mol. The van der Waals surface area contributed by atoms with Gasteiger partial charge in [0.15, 0.2) is 0 Å². The van der Waals surface area contributed by atoms with Crippen LogP contribution in [0.1, 0.15) is 20.3 Å². The normalized spacial score (nSPS) is 21.4. The fourth-order valence-corrected chi connectivity index (χ4v) is 3.59. The molecule has 106 valence electrons. The third-order valence-electron chi connectivity index (χ3n) is 3.58. The lowest BCUT2D eigenvalue weighted by molar-refractivity contribution is 0.537. The molecule has 0 spiro atoms. The van der Waals surface area contributed by atoms with Gasteiger partial charge in [0.1, 0.15) is 10.7 Å². The number of nitrogens with two attached hydrogens (primary N) is 1. The van der Waals surface area contributed by atoms with E-state index in [1.165, 1.54) is 0 Å². The predicted molar refractivity (Wildman–Crippen MR) is 72.9 cm³/mol. The van der Waals surface area contributed by atoms with Crippen LogP contribution in [0.5, 0.6) is 0 Å². The monoisotopic (exact) mass is 306 g/mol. The molecular weight excluding hydrogens is 291 g/mol. The molecule has 1 saturated carbocycles. The quantitative estimate of drug-likeness (QED) is 0.839. The molecule has 0 amide bonds. The van der Waals surface area contributed by atoms with Crippen molar-refractivity contribution in [2.24, 2.45) is 11.3 Å². The molecule has 0 aliphatic heterocycles. The molecule has 4 nitrogen and oxygen atoms in total. The molecular formula is C12H16ClFN2O2S. The lowest BCUT2D eigenvalue weighted by atomic mass is 10.1. The summed E-state index contributed by atoms with van der Waals surface area (Å²) in [4.78, 5) is -0.188. The number of hydrogen-bond acceptors (Lipinski definition) is 3. The van der Waals surface area contributed by atoms with Crippen molar-refractivity contribution >= 4 is 27.3 Å². The molecule has 2 rings (SSSR count). The zero-order valence-electron chi connectivity index (χ0n) is 10.7. The Bertz CT molecular complexity index is 616. The van der Waals surface area contributed by atoms with E-state index in [9.17, 15) is 12.8 Å². The van der Waals surface area contributed by atoms with Crippen LogP contribution in [0.3, 0.4) is 0 Å². The molecule has 7 heteroatoms. The highest BCUT2D eigenvalue weighted by molar-refractivity contribution is 7.89. The minimum absolute atomic E-state index is 0.172. The fourth-order valence-electron chi connectivity index (χ4n) is 1.96. The third-order valence-corrected chi connectivity index (χ3v) is 5.47. The first-order chi connectivity index (χ1) is 8.63. The van der Waals surface area contributed by atoms with E-state index >= 15 is 0 Å². The van der Waals surface area contributed by atoms with E-state index in [1.54, 1.807) is 0 Å². The van der Waals surface area contributed by atoms with Crippen molar-refractivity contribution < 1.29 is 12.8 Å². The number of anilines is 1. The Morgan fingerprint density at radius 3 is 2.63 bits per heavy atom. The SMILES string of the molecule is CC1(C)CC1CNS(=O)(=O)c1cc(N)c(F)cc1Cl. The maximum atomic E-state index is 13.1. The summed E-state index contributed by atoms with van der Waals surface area (Å²) in [6, 6.07) is 1.95. The van der Waals surface area contributed by atoms with Crippen LogP contribution in [-0.2, 0) is 10.0 Å². The molecule has 1 unspecified atom stereocenters. The van der Waals surface area contributed by atoms with Gasteiger partial charge in [-0.3, -0.25) is 0 Å². The van der Waals surface area contributed by atoms with Crippen molar-refractivity contribution in [1.29, 1.82) is 0 Å². The van der Waals surface area contributed by atoms with E-state index in [0.29, 0.717) is 12.5 Å². The van der Waals surface area contributed by atoms with Crippen molar-refractivity contribution in [3.05, 3.63) is 23.0 Å². The highest BCUT2D eigenvalue weighted by atomic mass is 35.5. The molecule has 1 atom stereocenters. The van der Waals surface area contributed by atoms with Gasteiger partial charge >= 0.3 is 0 Å². The molecule has 1 aliphatic carbocycles. The van der Waals surface area contributed by atoms with Gasteiger partial charge in [-0.05, 0) is 29.9 Å². The fraction of sp³-hybridized carbons (Fsp3) is 0.500. The van der Waals surface area contributed by atoms with Crippen LogP contribution in [0.15, 0.2) is 17.0 Å². The number of nitrogen functional groups attached to an aromatic ring is 1. The van der Waals surface area contributed by atoms with Crippen LogP contribution < -0.4 is 10.5 Å². The van der Waals surface area contributed by atoms with Gasteiger partial charge in [0.05, 0.1) is 10.7 Å². The summed E-state index contributed by atoms with van der Waals surface area (Å²) in [6.07, 6.45) is 0.981. The van der Waals surface area contributed by atoms with Gasteiger partial charge in [0.2, 0.25) is 10.0 Å². The lowest BCUT2D eigenvalue weighted by Crippen LogP contribution is -2.27. The second-order valence-corrected chi connectivity index (χ2v) is 7.69. The third kappa shape index (κ3) is 3.01. The average Bonchev–Trinajstić information content (AvgIpc) is 2.89. The molecule has 0 heterocycles. The number of hydrogen-bond donors (Lipinski definition) is 2. The lowest BCUT2D eigenvalue weighted by Gasteiger charge is -2.10. The van der Waals surface area contributed by atoms with E-state index in [2.05, 4.69) is 18.6 Å². The van der Waals surface area contributed by atoms with Crippen molar-refractivity contribution in [2.45, 2.75) is 25.2 Å². The molecule has 19 heavy (non-hydrogen) atoms. The van der Waals surface area contributed by atoms with Crippen LogP contribution in [-0.4, -0.2) is 15.0 Å². The zero-order chi connectivity index (χ0) is 14.4. The van der Waals surface area contributed by atoms with E-state index < -0.39 is 15.8 Å². The number of rotatable bonds is 4. The summed E-state index contributed by atoms with van der Waals surface area (Å²) in [5.41, 5.74) is 5.31. The molecule has 1 fully saturated rings. The Labute approximate surface area is 117 Å². The molecule has 1 aromatic rings. The maximum Gasteiger partial charge on any atom is 0.242 e. The van der Waals surface area contributed by atoms with Crippen LogP contribution in [0.2, 0.25) is 5.02 Å². The largest absolute Gasteiger partial charge is 0.396 e. The first kappa shape index (κ1) is 14.6. The molecule has 0 aromatic heterocycles. The number of benzene rings is 1. The Morgan fingerprint density at radius 1 is 1.53 bits per heavy atom. The summed E-state index contributed by atoms with van der Waals surface area (Å²) in [5, 5.41) is -0.172. The minimum Gasteiger partial charge on any atom is -0.396 e. The predicted octanol–water partition coefficient (Wildman–Crippen LogP) is 2.39. The molecule has 1 aliphatic rings. The Hall–Kier alpha value is -0.850. The van der Waals surface area contributed by atoms with Crippen LogP contribution >= 0.6 is 11.6 Å². The number of sulfonamides is 1. The molecule has 0 radical (unpaired) electrons. The second-order valence-electron chi connectivity index (χ2n) is 5.55. The molecule has 0 bridgehead atoms. The summed E-state index contributed by atoms with van der Waals surface area (Å²) in [5.74, 6) is -0.411. The molecule has 1 aromatic carbocycles. The Kier molecular flexibility index (Phi) is 3.53. The summed E-state index contributed by atoms with van der Waals surface area (Å²) in [7, 11) is -3.76. The summed E-state index contributed by atoms with van der Waals surface area (Å²) in [6.45, 7) is 4.51. The summed E-state index contributed by atoms with van der Waals surface area (Å²) >= 11 is 5.76. The van der Waals surface area contributed by atoms with E-state index in [1.807, 2.05) is 0 Å². The van der Waals surface area contributed by atoms with Crippen LogP contribution in [0, 0.1) is 17.2 Å². The van der Waals surface area contributed by atoms with Crippen molar-refractivity contribution in [1.82, 2.24) is 4.72 Å². The van der Waals surface area contributed by atoms with Crippen LogP contribution in [0.25, 0.3) is 0 Å². The van der Waals surface area contributed by atoms with Crippen LogP contribution in [0.4, 0.5) is 10.1 Å². The van der Waals surface area contributed by atoms with Gasteiger partial charge in [0, 0.05) is 6.54 Å². The maximum absolute atomic E-state index is 13.1. The van der Waals surface area contributed by atoms with Gasteiger partial charge in [-0.25, -0.2) is 17.5 Å². The van der Waals surface area contributed by atoms with Crippen molar-refractivity contribution in [3.63, 3.8) is 0 Å². The van der Waals surface area contributed by atoms with Gasteiger partial charge < -0.3 is 5.73 Å². The zero-order valence-corrected chi connectivity index (χ0v) is 12.3. The minimum atomic E-state index is -3.76. The topological polar surface area (TPSA) is 72.2 Å². The first-order valence-corrected chi connectivity index (χ1v) is 7.74. The van der Waals surface area contributed by atoms with Crippen molar-refractivity contribution in [3.8, 4) is 0 Å². The first-order valence-electron chi connectivity index (χ1n) is 5.88. The second kappa shape index (κ2) is 4.61. The van der Waals surface area contributed by atoms with E-state index in [0.717, 1.165) is 18.6 Å². The van der Waals surface area contributed by atoms with Gasteiger partial charge in [-0.15, -0.1) is 0 Å². The van der Waals surface area contributed by atoms with Gasteiger partial charge in [-0.2, -0.15) is 0 Å². The summed E-state index contributed by atoms with van der Waals surface area (Å²) < 4.78 is 39.8. The number of halogens is 2. The standard InChI is InChI=1S/C12H16ClFN2O2S/c1-12(2)5-7(12)6-16-19(17,18)11-4-10(15)9(14)3-8(11)13/h3-4,7,16H,5-6,15H2,1-2H3. The Balaban J connectivity index is 2.18. The smallest absolute Gasteiger partial charge is 0.242 e. The van der Waals surface area contributed by atoms with E-state index in [4.69, 9.17) is 17.3 Å². The molecule has 3 N–H and O–H groups in total. The van der Waals surface area contributed by atoms with Gasteiger partial charge in [0.25, 0.3) is 0 Å². The van der Waals surface area contributed by atoms with E-state index in [-0.39, 0.29) is 21.0 Å². The number of nitrogens with one attached hydrogen (secondary N) is 1. The van der Waals surface area contributed by atoms with Crippen molar-refractivity contribution in [2.75, 3.05) is 12.3 Å². The van der Waals surface area contributed by atoms with Gasteiger partial charge in [-0.1, -0.05) is 25.4 Å². The highest BCUT2D eigenvalue weighted by Gasteiger charge is 2.45.